The van der Waals surface area contributed by atoms with E-state index in [4.69, 9.17) is 44.9 Å². The van der Waals surface area contributed by atoms with Crippen LogP contribution in [0, 0.1) is 0 Å². The lowest BCUT2D eigenvalue weighted by atomic mass is 10.1. The van der Waals surface area contributed by atoms with Crippen LogP contribution >= 0.6 is 35.4 Å². The number of rotatable bonds is 8. The number of nitrogens with one attached hydrogen (secondary N) is 1. The topological polar surface area (TPSA) is 30.5 Å². The van der Waals surface area contributed by atoms with Crippen molar-refractivity contribution in [1.82, 2.24) is 5.32 Å². The summed E-state index contributed by atoms with van der Waals surface area (Å²) in [5.74, 6) is 1.19. The van der Waals surface area contributed by atoms with Crippen LogP contribution in [-0.2, 0) is 13.0 Å². The highest BCUT2D eigenvalue weighted by Crippen LogP contribution is 2.31. The molecule has 29 heavy (non-hydrogen) atoms. The molecule has 0 aliphatic carbocycles. The smallest absolute Gasteiger partial charge is 0.161 e. The predicted octanol–water partition coefficient (Wildman–Crippen LogP) is 6.09. The third kappa shape index (κ3) is 5.86. The molecular formula is C23H21Cl2NO2S. The minimum absolute atomic E-state index is 0.244. The molecule has 0 unspecified atom stereocenters. The summed E-state index contributed by atoms with van der Waals surface area (Å²) in [7, 11) is 1.60. The van der Waals surface area contributed by atoms with Gasteiger partial charge in [0.15, 0.2) is 11.5 Å². The van der Waals surface area contributed by atoms with Crippen molar-refractivity contribution in [1.29, 1.82) is 0 Å². The van der Waals surface area contributed by atoms with Gasteiger partial charge in [-0.2, -0.15) is 0 Å². The Kier molecular flexibility index (Phi) is 7.76. The lowest BCUT2D eigenvalue weighted by Gasteiger charge is -2.14. The van der Waals surface area contributed by atoms with E-state index in [1.807, 2.05) is 36.4 Å². The summed E-state index contributed by atoms with van der Waals surface area (Å²) < 4.78 is 11.4. The molecule has 0 saturated heterocycles. The summed E-state index contributed by atoms with van der Waals surface area (Å²) in [5, 5.41) is 4.42. The second kappa shape index (κ2) is 10.5. The van der Waals surface area contributed by atoms with Gasteiger partial charge in [-0.05, 0) is 42.3 Å². The molecule has 0 aliphatic heterocycles. The van der Waals surface area contributed by atoms with Crippen LogP contribution in [0.3, 0.4) is 0 Å². The van der Waals surface area contributed by atoms with E-state index in [0.717, 1.165) is 24.1 Å². The maximum Gasteiger partial charge on any atom is 0.161 e. The molecule has 150 valence electrons. The second-order valence-electron chi connectivity index (χ2n) is 6.35. The quantitative estimate of drug-likeness (QED) is 0.425. The summed E-state index contributed by atoms with van der Waals surface area (Å²) in [5.41, 5.74) is 2.87. The third-order valence-electron chi connectivity index (χ3n) is 4.40. The standard InChI is InChI=1S/C23H21Cl2NO2S/c1-27-22-14-17(23(29)26-13-12-16-6-3-2-4-7-16)10-11-21(22)28-15-18-19(24)8-5-9-20(18)25/h2-11,14H,12-13,15H2,1H3,(H,26,29). The number of ether oxygens (including phenoxy) is 2. The summed E-state index contributed by atoms with van der Waals surface area (Å²) in [4.78, 5) is 0.667. The maximum atomic E-state index is 6.21. The highest BCUT2D eigenvalue weighted by Gasteiger charge is 2.11. The van der Waals surface area contributed by atoms with Gasteiger partial charge in [-0.25, -0.2) is 0 Å². The molecular weight excluding hydrogens is 425 g/mol. The Hall–Kier alpha value is -2.27. The Balaban J connectivity index is 1.62. The van der Waals surface area contributed by atoms with Crippen molar-refractivity contribution in [3.63, 3.8) is 0 Å². The molecule has 0 radical (unpaired) electrons. The number of halogens is 2. The first-order chi connectivity index (χ1) is 14.1. The summed E-state index contributed by atoms with van der Waals surface area (Å²) in [6, 6.07) is 21.3. The van der Waals surface area contributed by atoms with Crippen LogP contribution in [0.15, 0.2) is 66.7 Å². The van der Waals surface area contributed by atoms with Crippen molar-refractivity contribution in [2.45, 2.75) is 13.0 Å². The van der Waals surface area contributed by atoms with Crippen LogP contribution in [0.4, 0.5) is 0 Å². The molecule has 3 aromatic rings. The van der Waals surface area contributed by atoms with Crippen LogP contribution in [0.25, 0.3) is 0 Å². The SMILES string of the molecule is COc1cc(C(=S)NCCc2ccccc2)ccc1OCc1c(Cl)cccc1Cl. The van der Waals surface area contributed by atoms with E-state index < -0.39 is 0 Å². The number of benzene rings is 3. The Labute approximate surface area is 186 Å². The molecule has 0 heterocycles. The Morgan fingerprint density at radius 3 is 2.34 bits per heavy atom. The molecule has 3 aromatic carbocycles. The van der Waals surface area contributed by atoms with Crippen molar-refractivity contribution < 1.29 is 9.47 Å². The first-order valence-corrected chi connectivity index (χ1v) is 10.3. The predicted molar refractivity (Wildman–Crippen MR) is 124 cm³/mol. The maximum absolute atomic E-state index is 6.21. The van der Waals surface area contributed by atoms with Crippen LogP contribution in [-0.4, -0.2) is 18.6 Å². The molecule has 0 spiro atoms. The zero-order valence-electron chi connectivity index (χ0n) is 16.0. The first kappa shape index (κ1) is 21.4. The van der Waals surface area contributed by atoms with Gasteiger partial charge < -0.3 is 14.8 Å². The fourth-order valence-corrected chi connectivity index (χ4v) is 3.55. The van der Waals surface area contributed by atoms with Gasteiger partial charge in [0.05, 0.1) is 7.11 Å². The molecule has 0 amide bonds. The lowest BCUT2D eigenvalue weighted by molar-refractivity contribution is 0.284. The van der Waals surface area contributed by atoms with Crippen molar-refractivity contribution in [2.24, 2.45) is 0 Å². The van der Waals surface area contributed by atoms with E-state index in [2.05, 4.69) is 17.4 Å². The van der Waals surface area contributed by atoms with E-state index >= 15 is 0 Å². The van der Waals surface area contributed by atoms with Crippen molar-refractivity contribution in [2.75, 3.05) is 13.7 Å². The number of hydrogen-bond acceptors (Lipinski definition) is 3. The van der Waals surface area contributed by atoms with Crippen LogP contribution in [0.5, 0.6) is 11.5 Å². The van der Waals surface area contributed by atoms with Gasteiger partial charge in [0.1, 0.15) is 11.6 Å². The average Bonchev–Trinajstić information content (AvgIpc) is 2.74. The molecule has 0 saturated carbocycles. The minimum atomic E-state index is 0.244. The fourth-order valence-electron chi connectivity index (χ4n) is 2.82. The summed E-state index contributed by atoms with van der Waals surface area (Å²) in [6.07, 6.45) is 0.901. The van der Waals surface area contributed by atoms with E-state index in [1.165, 1.54) is 5.56 Å². The fraction of sp³-hybridized carbons (Fsp3) is 0.174. The highest BCUT2D eigenvalue weighted by atomic mass is 35.5. The third-order valence-corrected chi connectivity index (χ3v) is 5.49. The molecule has 0 aromatic heterocycles. The summed E-state index contributed by atoms with van der Waals surface area (Å²) >= 11 is 17.9. The highest BCUT2D eigenvalue weighted by molar-refractivity contribution is 7.80. The van der Waals surface area contributed by atoms with Crippen molar-refractivity contribution >= 4 is 40.4 Å². The summed E-state index contributed by atoms with van der Waals surface area (Å²) in [6.45, 7) is 1.00. The first-order valence-electron chi connectivity index (χ1n) is 9.14. The largest absolute Gasteiger partial charge is 0.493 e. The molecule has 0 bridgehead atoms. The van der Waals surface area contributed by atoms with E-state index in [-0.39, 0.29) is 6.61 Å². The van der Waals surface area contributed by atoms with Crippen molar-refractivity contribution in [3.8, 4) is 11.5 Å². The number of thiocarbonyl (C=S) groups is 1. The zero-order chi connectivity index (χ0) is 20.6. The van der Waals surface area contributed by atoms with E-state index in [9.17, 15) is 0 Å². The Morgan fingerprint density at radius 2 is 1.66 bits per heavy atom. The number of hydrogen-bond donors (Lipinski definition) is 1. The van der Waals surface area contributed by atoms with Crippen molar-refractivity contribution in [3.05, 3.63) is 93.5 Å². The van der Waals surface area contributed by atoms with Gasteiger partial charge >= 0.3 is 0 Å². The lowest BCUT2D eigenvalue weighted by Crippen LogP contribution is -2.24. The molecule has 3 nitrogen and oxygen atoms in total. The van der Waals surface area contributed by atoms with Gasteiger partial charge in [-0.1, -0.05) is 71.8 Å². The molecule has 0 atom stereocenters. The number of methoxy groups -OCH3 is 1. The second-order valence-corrected chi connectivity index (χ2v) is 7.57. The van der Waals surface area contributed by atoms with Gasteiger partial charge in [-0.3, -0.25) is 0 Å². The zero-order valence-corrected chi connectivity index (χ0v) is 18.3. The van der Waals surface area contributed by atoms with Gasteiger partial charge in [0, 0.05) is 27.7 Å². The monoisotopic (exact) mass is 445 g/mol. The van der Waals surface area contributed by atoms with E-state index in [0.29, 0.717) is 26.5 Å². The Morgan fingerprint density at radius 1 is 0.931 bits per heavy atom. The van der Waals surface area contributed by atoms with Crippen LogP contribution in [0.2, 0.25) is 10.0 Å². The van der Waals surface area contributed by atoms with Gasteiger partial charge in [0.25, 0.3) is 0 Å². The van der Waals surface area contributed by atoms with Crippen LogP contribution in [0.1, 0.15) is 16.7 Å². The molecule has 0 fully saturated rings. The minimum Gasteiger partial charge on any atom is -0.493 e. The Bertz CT molecular complexity index is 960. The normalized spacial score (nSPS) is 10.4. The van der Waals surface area contributed by atoms with Gasteiger partial charge in [0.2, 0.25) is 0 Å². The average molecular weight is 446 g/mol. The molecule has 6 heteroatoms. The molecule has 3 rings (SSSR count). The van der Waals surface area contributed by atoms with Gasteiger partial charge in [-0.15, -0.1) is 0 Å². The van der Waals surface area contributed by atoms with Crippen LogP contribution < -0.4 is 14.8 Å². The van der Waals surface area contributed by atoms with E-state index in [1.54, 1.807) is 25.3 Å². The molecule has 1 N–H and O–H groups in total. The molecule has 0 aliphatic rings.